The zero-order valence-electron chi connectivity index (χ0n) is 19.3. The fourth-order valence-electron chi connectivity index (χ4n) is 3.29. The van der Waals surface area contributed by atoms with E-state index >= 15 is 0 Å². The number of benzene rings is 2. The van der Waals surface area contributed by atoms with Crippen molar-refractivity contribution in [1.82, 2.24) is 10.2 Å². The number of halogens is 2. The number of hydrogen-bond acceptors (Lipinski definition) is 7. The van der Waals surface area contributed by atoms with Crippen molar-refractivity contribution in [2.24, 2.45) is 0 Å². The molecule has 2 aromatic rings. The summed E-state index contributed by atoms with van der Waals surface area (Å²) in [6, 6.07) is 10.1. The van der Waals surface area contributed by atoms with Crippen molar-refractivity contribution in [3.63, 3.8) is 0 Å². The Hall–Kier alpha value is -1.71. The van der Waals surface area contributed by atoms with E-state index in [2.05, 4.69) is 50.5 Å². The van der Waals surface area contributed by atoms with Crippen LogP contribution < -0.4 is 14.8 Å². The van der Waals surface area contributed by atoms with Gasteiger partial charge in [0.05, 0.1) is 20.3 Å². The third-order valence-electron chi connectivity index (χ3n) is 5.14. The molecule has 8 nitrogen and oxygen atoms in total. The van der Waals surface area contributed by atoms with Gasteiger partial charge in [-0.3, -0.25) is 9.59 Å². The van der Waals surface area contributed by atoms with Crippen molar-refractivity contribution in [2.45, 2.75) is 10.3 Å². The molecule has 0 bridgehead atoms. The maximum absolute atomic E-state index is 12.8. The van der Waals surface area contributed by atoms with E-state index in [0.717, 1.165) is 14.7 Å². The van der Waals surface area contributed by atoms with Crippen LogP contribution in [0.5, 0.6) is 17.2 Å². The van der Waals surface area contributed by atoms with Crippen LogP contribution in [0.25, 0.3) is 3.58 Å². The van der Waals surface area contributed by atoms with Gasteiger partial charge in [0.2, 0.25) is 0 Å². The summed E-state index contributed by atoms with van der Waals surface area (Å²) < 4.78 is 17.1. The first-order valence-electron chi connectivity index (χ1n) is 10.7. The quantitative estimate of drug-likeness (QED) is 0.170. The number of carbonyl (C=O) groups excluding carboxylic acids is 2. The Morgan fingerprint density at radius 1 is 1.23 bits per heavy atom. The molecule has 3 rings (SSSR count). The number of phenols is 1. The molecule has 0 saturated carbocycles. The van der Waals surface area contributed by atoms with Crippen LogP contribution in [0.15, 0.2) is 41.8 Å². The second-order valence-corrected chi connectivity index (χ2v) is 11.8. The summed E-state index contributed by atoms with van der Waals surface area (Å²) in [6.07, 6.45) is 0. The minimum atomic E-state index is -0.254. The fraction of sp³-hybridized carbons (Fsp3) is 0.333. The summed E-state index contributed by atoms with van der Waals surface area (Å²) in [5.74, 6) is 0.635. The first-order valence-corrected chi connectivity index (χ1v) is 14.0. The molecule has 1 atom stereocenters. The Balaban J connectivity index is 1.56. The lowest BCUT2D eigenvalue weighted by Gasteiger charge is -2.26. The van der Waals surface area contributed by atoms with Crippen LogP contribution in [0.4, 0.5) is 0 Å². The van der Waals surface area contributed by atoms with Gasteiger partial charge in [0.25, 0.3) is 11.8 Å². The Morgan fingerprint density at radius 2 is 1.97 bits per heavy atom. The van der Waals surface area contributed by atoms with E-state index in [-0.39, 0.29) is 27.6 Å². The summed E-state index contributed by atoms with van der Waals surface area (Å²) in [7, 11) is 1.49. The number of phenolic OH excluding ortho intramolecular Hbond substituents is 1. The minimum absolute atomic E-state index is 0.111. The molecule has 1 heterocycles. The molecule has 1 fully saturated rings. The number of aromatic hydroxyl groups is 1. The summed E-state index contributed by atoms with van der Waals surface area (Å²) in [4.78, 5) is 26.8. The van der Waals surface area contributed by atoms with Gasteiger partial charge in [0.1, 0.15) is 9.13 Å². The highest BCUT2D eigenvalue weighted by atomic mass is 127. The van der Waals surface area contributed by atoms with E-state index in [9.17, 15) is 14.7 Å². The monoisotopic (exact) mass is 724 g/mol. The lowest BCUT2D eigenvalue weighted by molar-refractivity contribution is -0.137. The van der Waals surface area contributed by atoms with Crippen LogP contribution >= 0.6 is 56.9 Å². The molecule has 2 aromatic carbocycles. The predicted octanol–water partition coefficient (Wildman–Crippen LogP) is 4.56. The molecule has 0 spiro atoms. The Bertz CT molecular complexity index is 1090. The van der Waals surface area contributed by atoms with Gasteiger partial charge in [-0.05, 0) is 105 Å². The van der Waals surface area contributed by atoms with Gasteiger partial charge in [-0.2, -0.15) is 0 Å². The number of hydrogen-bond donors (Lipinski definition) is 2. The van der Waals surface area contributed by atoms with Gasteiger partial charge in [-0.15, -0.1) is 0 Å². The highest BCUT2D eigenvalue weighted by Gasteiger charge is 2.19. The number of morpholine rings is 1. The molecule has 1 aliphatic heterocycles. The van der Waals surface area contributed by atoms with E-state index < -0.39 is 0 Å². The second-order valence-electron chi connectivity index (χ2n) is 7.54. The Labute approximate surface area is 236 Å². The number of ether oxygens (including phenoxy) is 3. The molecule has 2 N–H and O–H groups in total. The number of amides is 2. The number of alkyl halides is 1. The number of thioether (sulfide) groups is 1. The molecule has 11 heteroatoms. The van der Waals surface area contributed by atoms with Crippen LogP contribution in [0.1, 0.15) is 21.5 Å². The van der Waals surface area contributed by atoms with E-state index in [4.69, 9.17) is 14.2 Å². The van der Waals surface area contributed by atoms with Gasteiger partial charge in [-0.1, -0.05) is 11.8 Å². The Morgan fingerprint density at radius 3 is 2.66 bits per heavy atom. The smallest absolute Gasteiger partial charge is 0.260 e. The zero-order chi connectivity index (χ0) is 25.4. The molecule has 1 unspecified atom stereocenters. The van der Waals surface area contributed by atoms with E-state index in [1.165, 1.54) is 18.9 Å². The summed E-state index contributed by atoms with van der Waals surface area (Å²) in [5.41, 5.74) is 2.42. The summed E-state index contributed by atoms with van der Waals surface area (Å²) in [6.45, 7) is 3.99. The number of methoxy groups -OCH3 is 1. The molecule has 2 amide bonds. The Kier molecular flexibility index (Phi) is 10.8. The highest BCUT2D eigenvalue weighted by Crippen LogP contribution is 2.32. The molecule has 1 aliphatic rings. The number of rotatable bonds is 9. The van der Waals surface area contributed by atoms with Crippen molar-refractivity contribution in [2.75, 3.05) is 40.0 Å². The van der Waals surface area contributed by atoms with Crippen molar-refractivity contribution in [3.8, 4) is 17.2 Å². The molecule has 0 radical (unpaired) electrons. The van der Waals surface area contributed by atoms with Crippen LogP contribution in [-0.4, -0.2) is 65.2 Å². The minimum Gasteiger partial charge on any atom is -0.508 e. The van der Waals surface area contributed by atoms with Crippen LogP contribution in [0, 0.1) is 6.92 Å². The fourth-order valence-corrected chi connectivity index (χ4v) is 5.60. The van der Waals surface area contributed by atoms with E-state index in [0.29, 0.717) is 43.4 Å². The normalized spacial score (nSPS) is 14.9. The maximum Gasteiger partial charge on any atom is 0.260 e. The van der Waals surface area contributed by atoms with Gasteiger partial charge in [0, 0.05) is 22.2 Å². The third-order valence-corrected chi connectivity index (χ3v) is 8.38. The lowest BCUT2D eigenvalue weighted by Crippen LogP contribution is -2.43. The lowest BCUT2D eigenvalue weighted by atomic mass is 10.1. The second kappa shape index (κ2) is 13.6. The standard InChI is InChI=1S/C24H26I2N2O6S/c1-15-11-17(29)4-5-18(15)19(25)14-35-24(26)27-23(31)16-3-6-20(21(12-16)32-2)34-13-22(30)28-7-9-33-10-8-28/h3-6,11-12,14,24,29H,7-10,13H2,1-2H3,(H,27,31)/b19-14-. The molecule has 1 saturated heterocycles. The first-order chi connectivity index (χ1) is 16.8. The molecule has 0 aliphatic carbocycles. The van der Waals surface area contributed by atoms with Gasteiger partial charge in [0.15, 0.2) is 18.1 Å². The largest absolute Gasteiger partial charge is 0.508 e. The number of nitrogens with one attached hydrogen (secondary N) is 1. The van der Waals surface area contributed by atoms with Crippen molar-refractivity contribution < 1.29 is 28.9 Å². The van der Waals surface area contributed by atoms with Crippen LogP contribution in [-0.2, 0) is 9.53 Å². The molecular formula is C24H26I2N2O6S. The topological polar surface area (TPSA) is 97.3 Å². The van der Waals surface area contributed by atoms with Crippen molar-refractivity contribution in [1.29, 1.82) is 0 Å². The summed E-state index contributed by atoms with van der Waals surface area (Å²) in [5, 5.41) is 14.5. The number of aryl methyl sites for hydroxylation is 1. The van der Waals surface area contributed by atoms with E-state index in [1.807, 2.05) is 18.4 Å². The zero-order valence-corrected chi connectivity index (χ0v) is 24.4. The average molecular weight is 724 g/mol. The van der Waals surface area contributed by atoms with Crippen molar-refractivity contribution in [3.05, 3.63) is 58.5 Å². The van der Waals surface area contributed by atoms with E-state index in [1.54, 1.807) is 35.2 Å². The average Bonchev–Trinajstić information content (AvgIpc) is 2.86. The summed E-state index contributed by atoms with van der Waals surface area (Å²) >= 11 is 5.86. The van der Waals surface area contributed by atoms with Gasteiger partial charge < -0.3 is 29.5 Å². The van der Waals surface area contributed by atoms with Gasteiger partial charge >= 0.3 is 0 Å². The highest BCUT2D eigenvalue weighted by molar-refractivity contribution is 14.1. The maximum atomic E-state index is 12.8. The van der Waals surface area contributed by atoms with Crippen molar-refractivity contribution >= 4 is 72.3 Å². The molecule has 35 heavy (non-hydrogen) atoms. The van der Waals surface area contributed by atoms with Gasteiger partial charge in [-0.25, -0.2) is 0 Å². The van der Waals surface area contributed by atoms with Crippen LogP contribution in [0.3, 0.4) is 0 Å². The molecule has 188 valence electrons. The number of carbonyl (C=O) groups is 2. The molecular weight excluding hydrogens is 698 g/mol. The number of nitrogens with zero attached hydrogens (tertiary/aromatic N) is 1. The first kappa shape index (κ1) is 27.9. The third kappa shape index (κ3) is 8.15. The van der Waals surface area contributed by atoms with Crippen LogP contribution in [0.2, 0.25) is 0 Å². The predicted molar refractivity (Wildman–Crippen MR) is 154 cm³/mol. The molecule has 0 aromatic heterocycles. The SMILES string of the molecule is COc1cc(C(=O)NC(I)S/C=C(\I)c2ccc(O)cc2C)ccc1OCC(=O)N1CCOCC1.